The molecule has 0 N–H and O–H groups in total. The van der Waals surface area contributed by atoms with E-state index in [1.165, 1.54) is 56.4 Å². The van der Waals surface area contributed by atoms with Gasteiger partial charge in [0, 0.05) is 32.2 Å². The zero-order valence-electron chi connectivity index (χ0n) is 13.2. The van der Waals surface area contributed by atoms with Crippen molar-refractivity contribution in [2.45, 2.75) is 51.5 Å². The second-order valence-electron chi connectivity index (χ2n) is 6.45. The molecule has 0 spiro atoms. The van der Waals surface area contributed by atoms with Crippen molar-refractivity contribution >= 4 is 17.3 Å². The van der Waals surface area contributed by atoms with Crippen LogP contribution in [-0.4, -0.2) is 37.1 Å². The lowest BCUT2D eigenvalue weighted by molar-refractivity contribution is 0.148. The van der Waals surface area contributed by atoms with Crippen LogP contribution in [0, 0.1) is 0 Å². The Labute approximate surface area is 134 Å². The van der Waals surface area contributed by atoms with E-state index in [0.29, 0.717) is 0 Å². The Hall–Kier alpha value is -0.730. The largest absolute Gasteiger partial charge is 0.368 e. The minimum Gasteiger partial charge on any atom is -0.368 e. The van der Waals surface area contributed by atoms with Gasteiger partial charge in [-0.05, 0) is 37.0 Å². The Morgan fingerprint density at radius 1 is 1.05 bits per heavy atom. The number of rotatable bonds is 3. The monoisotopic (exact) mass is 306 g/mol. The minimum atomic E-state index is 0.846. The third-order valence-electron chi connectivity index (χ3n) is 5.17. The molecular weight excluding hydrogens is 280 g/mol. The van der Waals surface area contributed by atoms with Gasteiger partial charge in [-0.25, -0.2) is 0 Å². The smallest absolute Gasteiger partial charge is 0.0642 e. The molecule has 0 radical (unpaired) electrons. The van der Waals surface area contributed by atoms with Gasteiger partial charge in [0.05, 0.1) is 10.7 Å². The van der Waals surface area contributed by atoms with Crippen LogP contribution in [0.1, 0.15) is 44.6 Å². The highest BCUT2D eigenvalue weighted by molar-refractivity contribution is 6.33. The maximum Gasteiger partial charge on any atom is 0.0642 e. The third-order valence-corrected chi connectivity index (χ3v) is 5.47. The average Bonchev–Trinajstić information content (AvgIpc) is 2.56. The van der Waals surface area contributed by atoms with Crippen LogP contribution >= 0.6 is 11.6 Å². The van der Waals surface area contributed by atoms with Gasteiger partial charge in [0.1, 0.15) is 0 Å². The predicted octanol–water partition coefficient (Wildman–Crippen LogP) is 4.36. The van der Waals surface area contributed by atoms with Crippen molar-refractivity contribution in [1.29, 1.82) is 0 Å². The van der Waals surface area contributed by atoms with E-state index < -0.39 is 0 Å². The summed E-state index contributed by atoms with van der Waals surface area (Å²) in [7, 11) is 0. The van der Waals surface area contributed by atoms with Crippen LogP contribution in [-0.2, 0) is 6.42 Å². The van der Waals surface area contributed by atoms with Crippen LogP contribution in [0.5, 0.6) is 0 Å². The van der Waals surface area contributed by atoms with Crippen LogP contribution in [0.3, 0.4) is 0 Å². The van der Waals surface area contributed by atoms with Gasteiger partial charge in [0.15, 0.2) is 0 Å². The second kappa shape index (κ2) is 7.02. The molecule has 1 heterocycles. The van der Waals surface area contributed by atoms with E-state index in [4.69, 9.17) is 11.6 Å². The molecule has 2 aliphatic rings. The van der Waals surface area contributed by atoms with E-state index in [9.17, 15) is 0 Å². The molecule has 1 aromatic rings. The summed E-state index contributed by atoms with van der Waals surface area (Å²) >= 11 is 6.47. The molecule has 3 heteroatoms. The van der Waals surface area contributed by atoms with Gasteiger partial charge in [-0.3, -0.25) is 4.90 Å². The average molecular weight is 307 g/mol. The predicted molar refractivity (Wildman–Crippen MR) is 91.5 cm³/mol. The quantitative estimate of drug-likeness (QED) is 0.819. The van der Waals surface area contributed by atoms with E-state index in [0.717, 1.165) is 30.6 Å². The molecule has 3 rings (SSSR count). The van der Waals surface area contributed by atoms with Crippen LogP contribution in [0.2, 0.25) is 5.02 Å². The Kier molecular flexibility index (Phi) is 5.07. The highest BCUT2D eigenvalue weighted by atomic mass is 35.5. The van der Waals surface area contributed by atoms with E-state index >= 15 is 0 Å². The number of piperazine rings is 1. The molecule has 1 saturated heterocycles. The Morgan fingerprint density at radius 2 is 1.76 bits per heavy atom. The van der Waals surface area contributed by atoms with Crippen molar-refractivity contribution in [2.24, 2.45) is 0 Å². The standard InChI is InChI=1S/C18H27ClN2/c1-2-15-8-9-18(17(19)14-15)21-12-10-20(11-13-21)16-6-4-3-5-7-16/h8-9,14,16H,2-7,10-13H2,1H3. The fourth-order valence-electron chi connectivity index (χ4n) is 3.80. The van der Waals surface area contributed by atoms with Crippen molar-refractivity contribution in [2.75, 3.05) is 31.1 Å². The number of benzene rings is 1. The summed E-state index contributed by atoms with van der Waals surface area (Å²) in [6.07, 6.45) is 8.16. The topological polar surface area (TPSA) is 6.48 Å². The van der Waals surface area contributed by atoms with E-state index in [1.54, 1.807) is 0 Å². The van der Waals surface area contributed by atoms with Crippen LogP contribution in [0.25, 0.3) is 0 Å². The lowest BCUT2D eigenvalue weighted by Crippen LogP contribution is -2.50. The maximum atomic E-state index is 6.47. The zero-order chi connectivity index (χ0) is 14.7. The number of aryl methyl sites for hydroxylation is 1. The molecule has 1 aromatic carbocycles. The second-order valence-corrected chi connectivity index (χ2v) is 6.86. The lowest BCUT2D eigenvalue weighted by atomic mass is 9.94. The van der Waals surface area contributed by atoms with Crippen molar-refractivity contribution in [3.63, 3.8) is 0 Å². The van der Waals surface area contributed by atoms with Gasteiger partial charge in [0.25, 0.3) is 0 Å². The number of hydrogen-bond donors (Lipinski definition) is 0. The van der Waals surface area contributed by atoms with Crippen LogP contribution < -0.4 is 4.90 Å². The third kappa shape index (κ3) is 3.54. The summed E-state index contributed by atoms with van der Waals surface area (Å²) in [6.45, 7) is 6.78. The summed E-state index contributed by atoms with van der Waals surface area (Å²) in [6, 6.07) is 7.40. The van der Waals surface area contributed by atoms with E-state index in [1.807, 2.05) is 0 Å². The SMILES string of the molecule is CCc1ccc(N2CCN(C3CCCCC3)CC2)c(Cl)c1. The van der Waals surface area contributed by atoms with Gasteiger partial charge in [-0.15, -0.1) is 0 Å². The molecule has 0 bridgehead atoms. The lowest BCUT2D eigenvalue weighted by Gasteiger charge is -2.41. The first-order valence-corrected chi connectivity index (χ1v) is 8.93. The minimum absolute atomic E-state index is 0.846. The molecule has 0 atom stereocenters. The van der Waals surface area contributed by atoms with Gasteiger partial charge in [0.2, 0.25) is 0 Å². The van der Waals surface area contributed by atoms with Crippen molar-refractivity contribution < 1.29 is 0 Å². The van der Waals surface area contributed by atoms with Gasteiger partial charge >= 0.3 is 0 Å². The molecular formula is C18H27ClN2. The van der Waals surface area contributed by atoms with Crippen molar-refractivity contribution in [1.82, 2.24) is 4.90 Å². The molecule has 0 unspecified atom stereocenters. The van der Waals surface area contributed by atoms with Crippen LogP contribution in [0.15, 0.2) is 18.2 Å². The molecule has 0 aromatic heterocycles. The summed E-state index contributed by atoms with van der Waals surface area (Å²) in [5.41, 5.74) is 2.54. The summed E-state index contributed by atoms with van der Waals surface area (Å²) in [5.74, 6) is 0. The summed E-state index contributed by atoms with van der Waals surface area (Å²) in [5, 5.41) is 0.917. The fraction of sp³-hybridized carbons (Fsp3) is 0.667. The molecule has 21 heavy (non-hydrogen) atoms. The molecule has 0 amide bonds. The molecule has 1 aliphatic heterocycles. The molecule has 2 nitrogen and oxygen atoms in total. The summed E-state index contributed by atoms with van der Waals surface area (Å²) < 4.78 is 0. The Balaban J connectivity index is 1.60. The highest BCUT2D eigenvalue weighted by Gasteiger charge is 2.25. The van der Waals surface area contributed by atoms with Gasteiger partial charge in [-0.1, -0.05) is 43.9 Å². The highest BCUT2D eigenvalue weighted by Crippen LogP contribution is 2.29. The summed E-state index contributed by atoms with van der Waals surface area (Å²) in [4.78, 5) is 5.17. The van der Waals surface area contributed by atoms with Gasteiger partial charge < -0.3 is 4.90 Å². The maximum absolute atomic E-state index is 6.47. The fourth-order valence-corrected chi connectivity index (χ4v) is 4.12. The zero-order valence-corrected chi connectivity index (χ0v) is 13.9. The Bertz CT molecular complexity index is 460. The first-order valence-electron chi connectivity index (χ1n) is 8.55. The van der Waals surface area contributed by atoms with Gasteiger partial charge in [-0.2, -0.15) is 0 Å². The molecule has 1 saturated carbocycles. The number of hydrogen-bond acceptors (Lipinski definition) is 2. The molecule has 2 fully saturated rings. The van der Waals surface area contributed by atoms with E-state index in [-0.39, 0.29) is 0 Å². The first kappa shape index (κ1) is 15.2. The van der Waals surface area contributed by atoms with Crippen molar-refractivity contribution in [3.05, 3.63) is 28.8 Å². The van der Waals surface area contributed by atoms with Crippen LogP contribution in [0.4, 0.5) is 5.69 Å². The Morgan fingerprint density at radius 3 is 2.38 bits per heavy atom. The molecule has 116 valence electrons. The van der Waals surface area contributed by atoms with Crippen molar-refractivity contribution in [3.8, 4) is 0 Å². The number of nitrogens with zero attached hydrogens (tertiary/aromatic N) is 2. The number of halogens is 1. The number of anilines is 1. The van der Waals surface area contributed by atoms with E-state index in [2.05, 4.69) is 34.9 Å². The first-order chi connectivity index (χ1) is 10.3. The molecule has 1 aliphatic carbocycles. The normalized spacial score (nSPS) is 21.7.